The Morgan fingerprint density at radius 1 is 1.40 bits per heavy atom. The van der Waals surface area contributed by atoms with Crippen LogP contribution in [0.15, 0.2) is 43.0 Å². The van der Waals surface area contributed by atoms with Gasteiger partial charge in [-0.25, -0.2) is 4.79 Å². The van der Waals surface area contributed by atoms with Gasteiger partial charge in [-0.05, 0) is 31.4 Å². The molecule has 1 aromatic rings. The second-order valence-corrected chi connectivity index (χ2v) is 6.00. The summed E-state index contributed by atoms with van der Waals surface area (Å²) in [6, 6.07) is 8.59. The fourth-order valence-electron chi connectivity index (χ4n) is 2.75. The predicted molar refractivity (Wildman–Crippen MR) is 92.3 cm³/mol. The zero-order chi connectivity index (χ0) is 18.1. The molecule has 6 heteroatoms. The van der Waals surface area contributed by atoms with Crippen molar-refractivity contribution >= 4 is 5.97 Å². The number of aliphatic hydroxyl groups excluding tert-OH is 2. The van der Waals surface area contributed by atoms with Crippen molar-refractivity contribution in [2.24, 2.45) is 0 Å². The Labute approximate surface area is 148 Å². The van der Waals surface area contributed by atoms with Gasteiger partial charge in [-0.3, -0.25) is 0 Å². The smallest absolute Gasteiger partial charge is 0.338 e. The van der Waals surface area contributed by atoms with Crippen LogP contribution in [-0.4, -0.2) is 60.4 Å². The molecule has 1 aliphatic heterocycles. The maximum Gasteiger partial charge on any atom is 0.338 e. The van der Waals surface area contributed by atoms with Gasteiger partial charge in [0.2, 0.25) is 0 Å². The van der Waals surface area contributed by atoms with Gasteiger partial charge in [-0.1, -0.05) is 24.3 Å². The first-order valence-corrected chi connectivity index (χ1v) is 8.54. The lowest BCUT2D eigenvalue weighted by molar-refractivity contribution is -0.166. The van der Waals surface area contributed by atoms with E-state index in [1.54, 1.807) is 36.4 Å². The van der Waals surface area contributed by atoms with E-state index in [4.69, 9.17) is 14.2 Å². The zero-order valence-electron chi connectivity index (χ0n) is 14.3. The molecule has 0 saturated carbocycles. The van der Waals surface area contributed by atoms with Crippen molar-refractivity contribution in [1.82, 2.24) is 0 Å². The predicted octanol–water partition coefficient (Wildman–Crippen LogP) is 1.71. The third-order valence-corrected chi connectivity index (χ3v) is 4.13. The highest BCUT2D eigenvalue weighted by Gasteiger charge is 2.31. The molecule has 1 heterocycles. The molecule has 0 bridgehead atoms. The van der Waals surface area contributed by atoms with Crippen LogP contribution < -0.4 is 0 Å². The van der Waals surface area contributed by atoms with E-state index in [0.29, 0.717) is 18.6 Å². The van der Waals surface area contributed by atoms with Crippen LogP contribution in [0.25, 0.3) is 0 Å². The number of benzene rings is 1. The molecule has 25 heavy (non-hydrogen) atoms. The van der Waals surface area contributed by atoms with Crippen molar-refractivity contribution in [2.45, 2.75) is 43.7 Å². The summed E-state index contributed by atoms with van der Waals surface area (Å²) in [5.41, 5.74) is 0.422. The lowest BCUT2D eigenvalue weighted by Gasteiger charge is -2.35. The van der Waals surface area contributed by atoms with E-state index in [2.05, 4.69) is 6.58 Å². The van der Waals surface area contributed by atoms with Crippen molar-refractivity contribution in [3.63, 3.8) is 0 Å². The van der Waals surface area contributed by atoms with Crippen molar-refractivity contribution in [3.8, 4) is 0 Å². The summed E-state index contributed by atoms with van der Waals surface area (Å²) in [7, 11) is 0. The van der Waals surface area contributed by atoms with E-state index < -0.39 is 24.8 Å². The Hall–Kier alpha value is -1.73. The Bertz CT molecular complexity index is 532. The normalized spacial score (nSPS) is 22.8. The molecule has 0 unspecified atom stereocenters. The summed E-state index contributed by atoms with van der Waals surface area (Å²) >= 11 is 0. The molecule has 0 spiro atoms. The first kappa shape index (κ1) is 19.6. The topological polar surface area (TPSA) is 85.2 Å². The minimum atomic E-state index is -1.14. The van der Waals surface area contributed by atoms with Crippen LogP contribution in [0.1, 0.15) is 29.6 Å². The molecule has 6 nitrogen and oxygen atoms in total. The molecule has 2 N–H and O–H groups in total. The second kappa shape index (κ2) is 10.3. The quantitative estimate of drug-likeness (QED) is 0.521. The summed E-state index contributed by atoms with van der Waals surface area (Å²) in [5.74, 6) is -0.498. The van der Waals surface area contributed by atoms with E-state index in [1.165, 1.54) is 0 Å². The fraction of sp³-hybridized carbons (Fsp3) is 0.526. The number of hydrogen-bond acceptors (Lipinski definition) is 6. The Morgan fingerprint density at radius 3 is 2.84 bits per heavy atom. The third kappa shape index (κ3) is 5.93. The number of aliphatic hydroxyl groups is 2. The van der Waals surface area contributed by atoms with Crippen molar-refractivity contribution in [3.05, 3.63) is 48.6 Å². The minimum Gasteiger partial charge on any atom is -0.459 e. The molecular weight excluding hydrogens is 324 g/mol. The summed E-state index contributed by atoms with van der Waals surface area (Å²) in [5, 5.41) is 19.3. The average Bonchev–Trinajstić information content (AvgIpc) is 2.66. The fourth-order valence-corrected chi connectivity index (χ4v) is 2.75. The summed E-state index contributed by atoms with van der Waals surface area (Å²) in [6.45, 7) is 3.75. The van der Waals surface area contributed by atoms with Crippen LogP contribution in [0.2, 0.25) is 0 Å². The van der Waals surface area contributed by atoms with Gasteiger partial charge in [0.15, 0.2) is 0 Å². The number of hydrogen-bond donors (Lipinski definition) is 2. The highest BCUT2D eigenvalue weighted by Crippen LogP contribution is 2.22. The maximum atomic E-state index is 12.1. The first-order valence-electron chi connectivity index (χ1n) is 8.54. The van der Waals surface area contributed by atoms with Gasteiger partial charge >= 0.3 is 5.97 Å². The third-order valence-electron chi connectivity index (χ3n) is 4.13. The number of ether oxygens (including phenoxy) is 3. The van der Waals surface area contributed by atoms with Crippen LogP contribution in [-0.2, 0) is 14.2 Å². The largest absolute Gasteiger partial charge is 0.459 e. The summed E-state index contributed by atoms with van der Waals surface area (Å²) in [6.07, 6.45) is 1.67. The SMILES string of the molecule is C=CC[C@@H]1OCCC[C@H]1O[C@@H](COC(=O)c1ccccc1)[C@@H](O)CO. The Kier molecular flexibility index (Phi) is 8.08. The van der Waals surface area contributed by atoms with E-state index >= 15 is 0 Å². The number of rotatable bonds is 9. The molecule has 0 aromatic heterocycles. The highest BCUT2D eigenvalue weighted by molar-refractivity contribution is 5.89. The molecule has 2 rings (SSSR count). The molecule has 0 amide bonds. The molecule has 138 valence electrons. The Morgan fingerprint density at radius 2 is 2.16 bits per heavy atom. The van der Waals surface area contributed by atoms with Gasteiger partial charge in [0.25, 0.3) is 0 Å². The second-order valence-electron chi connectivity index (χ2n) is 6.00. The van der Waals surface area contributed by atoms with Crippen molar-refractivity contribution in [1.29, 1.82) is 0 Å². The Balaban J connectivity index is 1.95. The lowest BCUT2D eigenvalue weighted by Crippen LogP contribution is -2.45. The van der Waals surface area contributed by atoms with Gasteiger partial charge in [0.1, 0.15) is 18.8 Å². The van der Waals surface area contributed by atoms with Gasteiger partial charge in [-0.2, -0.15) is 0 Å². The molecule has 4 atom stereocenters. The van der Waals surface area contributed by atoms with Gasteiger partial charge < -0.3 is 24.4 Å². The number of esters is 1. The van der Waals surface area contributed by atoms with Gasteiger partial charge in [-0.15, -0.1) is 6.58 Å². The minimum absolute atomic E-state index is 0.146. The van der Waals surface area contributed by atoms with E-state index in [-0.39, 0.29) is 18.8 Å². The molecule has 1 aromatic carbocycles. The van der Waals surface area contributed by atoms with Gasteiger partial charge in [0.05, 0.1) is 24.4 Å². The van der Waals surface area contributed by atoms with E-state index in [1.807, 2.05) is 0 Å². The molecule has 1 aliphatic rings. The highest BCUT2D eigenvalue weighted by atomic mass is 16.6. The standard InChI is InChI=1S/C19H26O6/c1-2-7-16-17(10-6-11-23-16)25-18(15(21)12-20)13-24-19(22)14-8-4-3-5-9-14/h2-5,8-9,15-18,20-21H,1,6-7,10-13H2/t15-,16-,17+,18-/m0/s1. The monoisotopic (exact) mass is 350 g/mol. The van der Waals surface area contributed by atoms with Crippen LogP contribution in [0.3, 0.4) is 0 Å². The first-order chi connectivity index (χ1) is 12.2. The molecule has 0 radical (unpaired) electrons. The number of carbonyl (C=O) groups excluding carboxylic acids is 1. The average molecular weight is 350 g/mol. The van der Waals surface area contributed by atoms with E-state index in [0.717, 1.165) is 12.8 Å². The van der Waals surface area contributed by atoms with Gasteiger partial charge in [0, 0.05) is 6.61 Å². The van der Waals surface area contributed by atoms with Crippen LogP contribution in [0.4, 0.5) is 0 Å². The van der Waals surface area contributed by atoms with Crippen molar-refractivity contribution in [2.75, 3.05) is 19.8 Å². The molecule has 1 saturated heterocycles. The molecular formula is C19H26O6. The zero-order valence-corrected chi connectivity index (χ0v) is 14.3. The van der Waals surface area contributed by atoms with Crippen LogP contribution in [0.5, 0.6) is 0 Å². The van der Waals surface area contributed by atoms with Crippen LogP contribution in [0, 0.1) is 0 Å². The lowest BCUT2D eigenvalue weighted by atomic mass is 10.0. The summed E-state index contributed by atoms with van der Waals surface area (Å²) in [4.78, 5) is 12.1. The maximum absolute atomic E-state index is 12.1. The van der Waals surface area contributed by atoms with Crippen molar-refractivity contribution < 1.29 is 29.2 Å². The molecule has 1 fully saturated rings. The van der Waals surface area contributed by atoms with Crippen LogP contribution >= 0.6 is 0 Å². The number of carbonyl (C=O) groups is 1. The summed E-state index contributed by atoms with van der Waals surface area (Å²) < 4.78 is 16.9. The van der Waals surface area contributed by atoms with E-state index in [9.17, 15) is 15.0 Å². The molecule has 0 aliphatic carbocycles.